The van der Waals surface area contributed by atoms with Gasteiger partial charge in [-0.2, -0.15) is 0 Å². The summed E-state index contributed by atoms with van der Waals surface area (Å²) in [5.41, 5.74) is 0. The Morgan fingerprint density at radius 2 is 2.20 bits per heavy atom. The Labute approximate surface area is 60.9 Å². The van der Waals surface area contributed by atoms with Crippen LogP contribution in [0.15, 0.2) is 0 Å². The van der Waals surface area contributed by atoms with Crippen LogP contribution in [-0.2, 0) is 9.47 Å². The third kappa shape index (κ3) is 1.68. The SMILES string of the molecule is CO[C@H]1CCC(O)O[C@@H]1C. The van der Waals surface area contributed by atoms with Gasteiger partial charge in [0.05, 0.1) is 12.2 Å². The van der Waals surface area contributed by atoms with Gasteiger partial charge in [0.25, 0.3) is 0 Å². The predicted molar refractivity (Wildman–Crippen MR) is 36.6 cm³/mol. The van der Waals surface area contributed by atoms with E-state index >= 15 is 0 Å². The van der Waals surface area contributed by atoms with E-state index in [0.717, 1.165) is 6.42 Å². The molecule has 1 fully saturated rings. The lowest BCUT2D eigenvalue weighted by molar-refractivity contribution is -0.198. The Balaban J connectivity index is 2.36. The molecule has 0 aromatic rings. The molecule has 0 radical (unpaired) electrons. The van der Waals surface area contributed by atoms with Crippen LogP contribution in [0.1, 0.15) is 19.8 Å². The molecule has 1 unspecified atom stereocenters. The average Bonchev–Trinajstić information content (AvgIpc) is 1.88. The van der Waals surface area contributed by atoms with E-state index in [1.807, 2.05) is 6.92 Å². The number of hydrogen-bond donors (Lipinski definition) is 1. The molecule has 1 aliphatic heterocycles. The Hall–Kier alpha value is -0.120. The fourth-order valence-corrected chi connectivity index (χ4v) is 1.25. The second-order valence-corrected chi connectivity index (χ2v) is 2.65. The van der Waals surface area contributed by atoms with Crippen molar-refractivity contribution in [3.05, 3.63) is 0 Å². The van der Waals surface area contributed by atoms with Crippen LogP contribution in [-0.4, -0.2) is 30.7 Å². The van der Waals surface area contributed by atoms with Gasteiger partial charge in [-0.3, -0.25) is 0 Å². The highest BCUT2D eigenvalue weighted by atomic mass is 16.6. The maximum absolute atomic E-state index is 9.02. The van der Waals surface area contributed by atoms with Crippen molar-refractivity contribution in [3.63, 3.8) is 0 Å². The molecule has 10 heavy (non-hydrogen) atoms. The van der Waals surface area contributed by atoms with Gasteiger partial charge in [-0.1, -0.05) is 0 Å². The molecule has 1 rings (SSSR count). The summed E-state index contributed by atoms with van der Waals surface area (Å²) < 4.78 is 10.2. The minimum Gasteiger partial charge on any atom is -0.379 e. The largest absolute Gasteiger partial charge is 0.379 e. The zero-order valence-corrected chi connectivity index (χ0v) is 6.41. The quantitative estimate of drug-likeness (QED) is 0.586. The van der Waals surface area contributed by atoms with E-state index in [2.05, 4.69) is 0 Å². The first-order chi connectivity index (χ1) is 4.74. The standard InChI is InChI=1S/C7H14O3/c1-5-6(9-2)3-4-7(8)10-5/h5-8H,3-4H2,1-2H3/t5-,6+,7?/m1/s1. The predicted octanol–water partition coefficient (Wildman–Crippen LogP) is 0.519. The number of ether oxygens (including phenoxy) is 2. The zero-order chi connectivity index (χ0) is 7.56. The summed E-state index contributed by atoms with van der Waals surface area (Å²) in [6.07, 6.45) is 1.17. The Morgan fingerprint density at radius 1 is 1.50 bits per heavy atom. The van der Waals surface area contributed by atoms with Gasteiger partial charge in [-0.25, -0.2) is 0 Å². The third-order valence-electron chi connectivity index (χ3n) is 1.90. The molecular weight excluding hydrogens is 132 g/mol. The summed E-state index contributed by atoms with van der Waals surface area (Å²) in [6, 6.07) is 0. The topological polar surface area (TPSA) is 38.7 Å². The van der Waals surface area contributed by atoms with E-state index in [4.69, 9.17) is 14.6 Å². The first kappa shape index (κ1) is 7.98. The van der Waals surface area contributed by atoms with Crippen LogP contribution in [0.4, 0.5) is 0 Å². The highest BCUT2D eigenvalue weighted by Crippen LogP contribution is 2.19. The fourth-order valence-electron chi connectivity index (χ4n) is 1.25. The molecular formula is C7H14O3. The summed E-state index contributed by atoms with van der Waals surface area (Å²) in [4.78, 5) is 0. The molecule has 3 atom stereocenters. The van der Waals surface area contributed by atoms with E-state index in [-0.39, 0.29) is 12.2 Å². The molecule has 0 aromatic carbocycles. The maximum Gasteiger partial charge on any atom is 0.155 e. The lowest BCUT2D eigenvalue weighted by Gasteiger charge is -2.30. The van der Waals surface area contributed by atoms with E-state index in [9.17, 15) is 0 Å². The number of hydrogen-bond acceptors (Lipinski definition) is 3. The molecule has 3 nitrogen and oxygen atoms in total. The lowest BCUT2D eigenvalue weighted by atomic mass is 10.1. The second kappa shape index (κ2) is 3.32. The van der Waals surface area contributed by atoms with E-state index in [1.54, 1.807) is 7.11 Å². The van der Waals surface area contributed by atoms with Crippen molar-refractivity contribution < 1.29 is 14.6 Å². The molecule has 0 amide bonds. The molecule has 1 aliphatic rings. The normalized spacial score (nSPS) is 41.7. The summed E-state index contributed by atoms with van der Waals surface area (Å²) in [7, 11) is 1.67. The van der Waals surface area contributed by atoms with Crippen LogP contribution >= 0.6 is 0 Å². The van der Waals surface area contributed by atoms with Gasteiger partial charge < -0.3 is 14.6 Å². The molecule has 3 heteroatoms. The summed E-state index contributed by atoms with van der Waals surface area (Å²) in [5, 5.41) is 9.02. The van der Waals surface area contributed by atoms with Gasteiger partial charge in [-0.05, 0) is 13.3 Å². The van der Waals surface area contributed by atoms with Crippen molar-refractivity contribution in [2.24, 2.45) is 0 Å². The van der Waals surface area contributed by atoms with Crippen LogP contribution in [0, 0.1) is 0 Å². The van der Waals surface area contributed by atoms with Crippen molar-refractivity contribution >= 4 is 0 Å². The van der Waals surface area contributed by atoms with Gasteiger partial charge in [-0.15, -0.1) is 0 Å². The van der Waals surface area contributed by atoms with Crippen molar-refractivity contribution in [2.75, 3.05) is 7.11 Å². The first-order valence-corrected chi connectivity index (χ1v) is 3.60. The highest BCUT2D eigenvalue weighted by Gasteiger charge is 2.26. The number of aliphatic hydroxyl groups excluding tert-OH is 1. The number of aliphatic hydroxyl groups is 1. The molecule has 0 spiro atoms. The second-order valence-electron chi connectivity index (χ2n) is 2.65. The van der Waals surface area contributed by atoms with Gasteiger partial charge in [0.1, 0.15) is 0 Å². The van der Waals surface area contributed by atoms with Crippen LogP contribution in [0.2, 0.25) is 0 Å². The van der Waals surface area contributed by atoms with Gasteiger partial charge in [0, 0.05) is 13.5 Å². The third-order valence-corrected chi connectivity index (χ3v) is 1.90. The molecule has 60 valence electrons. The molecule has 0 aromatic heterocycles. The molecule has 0 aliphatic carbocycles. The van der Waals surface area contributed by atoms with Crippen molar-refractivity contribution in [1.82, 2.24) is 0 Å². The lowest BCUT2D eigenvalue weighted by Crippen LogP contribution is -2.37. The minimum absolute atomic E-state index is 0.0220. The van der Waals surface area contributed by atoms with Crippen molar-refractivity contribution in [3.8, 4) is 0 Å². The van der Waals surface area contributed by atoms with Crippen molar-refractivity contribution in [2.45, 2.75) is 38.3 Å². The monoisotopic (exact) mass is 146 g/mol. The minimum atomic E-state index is -0.582. The molecule has 1 saturated heterocycles. The summed E-state index contributed by atoms with van der Waals surface area (Å²) in [5.74, 6) is 0. The Bertz CT molecular complexity index is 105. The van der Waals surface area contributed by atoms with Crippen LogP contribution in [0.5, 0.6) is 0 Å². The molecule has 0 bridgehead atoms. The van der Waals surface area contributed by atoms with Gasteiger partial charge in [0.2, 0.25) is 0 Å². The summed E-state index contributed by atoms with van der Waals surface area (Å²) >= 11 is 0. The summed E-state index contributed by atoms with van der Waals surface area (Å²) in [6.45, 7) is 1.91. The maximum atomic E-state index is 9.02. The van der Waals surface area contributed by atoms with Gasteiger partial charge >= 0.3 is 0 Å². The van der Waals surface area contributed by atoms with Crippen molar-refractivity contribution in [1.29, 1.82) is 0 Å². The average molecular weight is 146 g/mol. The van der Waals surface area contributed by atoms with Crippen LogP contribution in [0.3, 0.4) is 0 Å². The number of rotatable bonds is 1. The Morgan fingerprint density at radius 3 is 2.70 bits per heavy atom. The van der Waals surface area contributed by atoms with E-state index < -0.39 is 6.29 Å². The molecule has 1 N–H and O–H groups in total. The van der Waals surface area contributed by atoms with E-state index in [1.165, 1.54) is 0 Å². The van der Waals surface area contributed by atoms with Crippen LogP contribution in [0.25, 0.3) is 0 Å². The fraction of sp³-hybridized carbons (Fsp3) is 1.00. The Kier molecular flexibility index (Phi) is 2.65. The van der Waals surface area contributed by atoms with Crippen LogP contribution < -0.4 is 0 Å². The molecule has 1 heterocycles. The number of methoxy groups -OCH3 is 1. The van der Waals surface area contributed by atoms with Gasteiger partial charge in [0.15, 0.2) is 6.29 Å². The first-order valence-electron chi connectivity index (χ1n) is 3.60. The zero-order valence-electron chi connectivity index (χ0n) is 6.41. The smallest absolute Gasteiger partial charge is 0.155 e. The highest BCUT2D eigenvalue weighted by molar-refractivity contribution is 4.71. The molecule has 0 saturated carbocycles. The van der Waals surface area contributed by atoms with E-state index in [0.29, 0.717) is 6.42 Å².